The number of carbonyl (C=O) groups excluding carboxylic acids is 2. The molecular formula is C34H41NO4. The van der Waals surface area contributed by atoms with Crippen molar-refractivity contribution >= 4 is 11.7 Å². The Labute approximate surface area is 231 Å². The van der Waals surface area contributed by atoms with E-state index >= 15 is 4.79 Å². The van der Waals surface area contributed by atoms with Gasteiger partial charge in [0.05, 0.1) is 0 Å². The molecule has 0 aromatic heterocycles. The van der Waals surface area contributed by atoms with E-state index in [2.05, 4.69) is 52.1 Å². The summed E-state index contributed by atoms with van der Waals surface area (Å²) in [6, 6.07) is 8.10. The number of carbonyl (C=O) groups is 2. The Morgan fingerprint density at radius 1 is 1.03 bits per heavy atom. The van der Waals surface area contributed by atoms with Gasteiger partial charge in [-0.3, -0.25) is 9.59 Å². The van der Waals surface area contributed by atoms with Crippen molar-refractivity contribution in [2.24, 2.45) is 64.1 Å². The second kappa shape index (κ2) is 7.46. The van der Waals surface area contributed by atoms with Crippen LogP contribution in [0.4, 0.5) is 0 Å². The van der Waals surface area contributed by atoms with E-state index in [0.717, 1.165) is 23.3 Å². The highest BCUT2D eigenvalue weighted by atomic mass is 16.5. The Hall–Kier alpha value is -2.40. The summed E-state index contributed by atoms with van der Waals surface area (Å²) in [6.45, 7) is 11.4. The fraction of sp³-hybridized carbons (Fsp3) is 0.647. The molecule has 9 rings (SSSR count). The van der Waals surface area contributed by atoms with Crippen molar-refractivity contribution < 1.29 is 19.4 Å². The van der Waals surface area contributed by atoms with E-state index in [1.807, 2.05) is 24.3 Å². The minimum atomic E-state index is -1.46. The van der Waals surface area contributed by atoms with Gasteiger partial charge in [0.2, 0.25) is 5.91 Å². The van der Waals surface area contributed by atoms with Crippen LogP contribution in [-0.4, -0.2) is 28.6 Å². The number of hydrogen-bond acceptors (Lipinski definition) is 4. The zero-order valence-electron chi connectivity index (χ0n) is 23.7. The molecule has 3 aliphatic heterocycles. The zero-order valence-corrected chi connectivity index (χ0v) is 23.7. The second-order valence-corrected chi connectivity index (χ2v) is 14.8. The van der Waals surface area contributed by atoms with Gasteiger partial charge in [0.25, 0.3) is 0 Å². The minimum Gasteiger partial charge on any atom is -0.490 e. The molecule has 13 atom stereocenters. The van der Waals surface area contributed by atoms with Gasteiger partial charge in [0.1, 0.15) is 23.0 Å². The highest BCUT2D eigenvalue weighted by Crippen LogP contribution is 2.74. The van der Waals surface area contributed by atoms with E-state index in [0.29, 0.717) is 30.1 Å². The van der Waals surface area contributed by atoms with Crippen LogP contribution in [0.3, 0.4) is 0 Å². The predicted molar refractivity (Wildman–Crippen MR) is 147 cm³/mol. The van der Waals surface area contributed by atoms with Gasteiger partial charge in [-0.05, 0) is 74.5 Å². The molecule has 1 aromatic rings. The van der Waals surface area contributed by atoms with Crippen LogP contribution in [0.1, 0.15) is 59.4 Å². The molecule has 1 spiro atoms. The van der Waals surface area contributed by atoms with E-state index in [1.54, 1.807) is 0 Å². The molecule has 3 saturated carbocycles. The SMILES string of the molecule is CC1=C[C@@]2(C)[C@@H]3C(=O)[C@@]45C(=O)N[C@@](O)(Cc6ccc(cc6)O[C@@H]6[C@H]7[C@@H](C[C@H](C)C[C@@H]7C)[C@H]1[C@H]63)[C@H]4CC=C(C)[C@@H]25. The summed E-state index contributed by atoms with van der Waals surface area (Å²) in [5, 5.41) is 15.2. The smallest absolute Gasteiger partial charge is 0.237 e. The molecule has 0 unspecified atom stereocenters. The fourth-order valence-corrected chi connectivity index (χ4v) is 12.0. The van der Waals surface area contributed by atoms with Crippen molar-refractivity contribution in [3.63, 3.8) is 0 Å². The summed E-state index contributed by atoms with van der Waals surface area (Å²) < 4.78 is 7.04. The number of Topliss-reactive ketones (excluding diaryl/α,β-unsaturated/α-hetero) is 1. The molecule has 5 bridgehead atoms. The van der Waals surface area contributed by atoms with Gasteiger partial charge >= 0.3 is 0 Å². The molecule has 8 aliphatic rings. The number of ether oxygens (including phenoxy) is 1. The first-order valence-corrected chi connectivity index (χ1v) is 15.2. The first kappa shape index (κ1) is 24.4. The van der Waals surface area contributed by atoms with Crippen LogP contribution in [0.15, 0.2) is 47.6 Å². The lowest BCUT2D eigenvalue weighted by Gasteiger charge is -2.48. The van der Waals surface area contributed by atoms with Gasteiger partial charge in [-0.15, -0.1) is 0 Å². The number of ketones is 1. The fourth-order valence-electron chi connectivity index (χ4n) is 12.0. The summed E-state index contributed by atoms with van der Waals surface area (Å²) in [7, 11) is 0. The van der Waals surface area contributed by atoms with Crippen LogP contribution < -0.4 is 10.1 Å². The van der Waals surface area contributed by atoms with Crippen LogP contribution in [0.25, 0.3) is 0 Å². The van der Waals surface area contributed by atoms with Gasteiger partial charge in [0, 0.05) is 41.4 Å². The van der Waals surface area contributed by atoms with Crippen molar-refractivity contribution in [2.45, 2.75) is 72.1 Å². The summed E-state index contributed by atoms with van der Waals surface area (Å²) >= 11 is 0. The van der Waals surface area contributed by atoms with Gasteiger partial charge in [-0.25, -0.2) is 0 Å². The molecule has 206 valence electrons. The third-order valence-electron chi connectivity index (χ3n) is 12.8. The quantitative estimate of drug-likeness (QED) is 0.364. The first-order valence-electron chi connectivity index (χ1n) is 15.2. The molecule has 39 heavy (non-hydrogen) atoms. The molecule has 0 radical (unpaired) electrons. The molecular weight excluding hydrogens is 486 g/mol. The molecule has 1 aromatic carbocycles. The van der Waals surface area contributed by atoms with Gasteiger partial charge in [-0.2, -0.15) is 0 Å². The second-order valence-electron chi connectivity index (χ2n) is 14.8. The van der Waals surface area contributed by atoms with Crippen molar-refractivity contribution in [1.29, 1.82) is 0 Å². The third-order valence-corrected chi connectivity index (χ3v) is 12.8. The average Bonchev–Trinajstić information content (AvgIpc) is 3.37. The molecule has 5 heteroatoms. The van der Waals surface area contributed by atoms with E-state index in [9.17, 15) is 9.90 Å². The maximum absolute atomic E-state index is 15.2. The lowest BCUT2D eigenvalue weighted by molar-refractivity contribution is -0.145. The van der Waals surface area contributed by atoms with Gasteiger partial charge in [0.15, 0.2) is 5.78 Å². The molecule has 5 nitrogen and oxygen atoms in total. The number of benzene rings is 1. The monoisotopic (exact) mass is 527 g/mol. The van der Waals surface area contributed by atoms with Crippen molar-refractivity contribution in [1.82, 2.24) is 5.32 Å². The van der Waals surface area contributed by atoms with Crippen LogP contribution in [0, 0.1) is 64.1 Å². The summed E-state index contributed by atoms with van der Waals surface area (Å²) in [5.41, 5.74) is 0.224. The predicted octanol–water partition coefficient (Wildman–Crippen LogP) is 5.09. The molecule has 5 aliphatic carbocycles. The average molecular weight is 528 g/mol. The van der Waals surface area contributed by atoms with Crippen LogP contribution in [-0.2, 0) is 16.0 Å². The van der Waals surface area contributed by atoms with Crippen LogP contribution >= 0.6 is 0 Å². The number of aliphatic hydroxyl groups is 1. The topological polar surface area (TPSA) is 75.6 Å². The Morgan fingerprint density at radius 3 is 2.51 bits per heavy atom. The summed E-state index contributed by atoms with van der Waals surface area (Å²) in [4.78, 5) is 29.5. The molecule has 3 heterocycles. The van der Waals surface area contributed by atoms with Crippen molar-refractivity contribution in [3.05, 3.63) is 53.1 Å². The highest BCUT2D eigenvalue weighted by Gasteiger charge is 2.81. The lowest BCUT2D eigenvalue weighted by atomic mass is 9.54. The van der Waals surface area contributed by atoms with Crippen LogP contribution in [0.5, 0.6) is 5.75 Å². The van der Waals surface area contributed by atoms with E-state index in [1.165, 1.54) is 12.0 Å². The zero-order chi connectivity index (χ0) is 27.2. The number of amides is 1. The number of rotatable bonds is 0. The summed E-state index contributed by atoms with van der Waals surface area (Å²) in [6.07, 6.45) is 7.69. The van der Waals surface area contributed by atoms with Crippen molar-refractivity contribution in [2.75, 3.05) is 0 Å². The van der Waals surface area contributed by atoms with Gasteiger partial charge in [-0.1, -0.05) is 56.2 Å². The lowest BCUT2D eigenvalue weighted by Crippen LogP contribution is -2.52. The molecule has 1 saturated heterocycles. The minimum absolute atomic E-state index is 0.0191. The van der Waals surface area contributed by atoms with E-state index in [-0.39, 0.29) is 47.9 Å². The number of allylic oxidation sites excluding steroid dienone is 4. The maximum Gasteiger partial charge on any atom is 0.237 e. The first-order chi connectivity index (χ1) is 18.5. The van der Waals surface area contributed by atoms with E-state index in [4.69, 9.17) is 4.74 Å². The Balaban J connectivity index is 1.42. The Bertz CT molecular complexity index is 1360. The van der Waals surface area contributed by atoms with Crippen molar-refractivity contribution in [3.8, 4) is 5.75 Å². The highest BCUT2D eigenvalue weighted by molar-refractivity contribution is 6.13. The number of hydrogen-bond donors (Lipinski definition) is 2. The largest absolute Gasteiger partial charge is 0.490 e. The maximum atomic E-state index is 15.2. The third kappa shape index (κ3) is 2.72. The van der Waals surface area contributed by atoms with E-state index < -0.39 is 22.5 Å². The summed E-state index contributed by atoms with van der Waals surface area (Å²) in [5.74, 6) is 1.89. The molecule has 4 fully saturated rings. The Kier molecular flexibility index (Phi) is 4.67. The van der Waals surface area contributed by atoms with Gasteiger partial charge < -0.3 is 15.2 Å². The Morgan fingerprint density at radius 2 is 1.77 bits per heavy atom. The van der Waals surface area contributed by atoms with Crippen LogP contribution in [0.2, 0.25) is 0 Å². The normalized spacial score (nSPS) is 52.6. The number of nitrogens with one attached hydrogen (secondary N) is 1. The molecule has 2 N–H and O–H groups in total. The standard InChI is InChI=1S/C34H41NO4/c1-16-12-18(3)25-22(13-16)24-19(4)14-32(5)27-26(24)28(25)39-21-9-7-20(8-10-21)15-33(38)23-11-6-17(2)29(32)34(23,30(27)36)31(37)35-33/h6-10,14,16,18,22-29,38H,11-13,15H2,1-5H3,(H,35,37)/t16-,18+,22+,23-,24+,25-,26+,27+,28-,29+,32+,33-,34-/m1/s1. The number of fused-ring (bicyclic) bond motifs is 5. The molecule has 1 amide bonds.